The Bertz CT molecular complexity index is 286. The Labute approximate surface area is 50.5 Å². The third-order valence-corrected chi connectivity index (χ3v) is 1.03. The Morgan fingerprint density at radius 2 is 2.44 bits per heavy atom. The third-order valence-electron chi connectivity index (χ3n) is 1.03. The molecule has 0 unspecified atom stereocenters. The van der Waals surface area contributed by atoms with Crippen molar-refractivity contribution in [3.63, 3.8) is 0 Å². The summed E-state index contributed by atoms with van der Waals surface area (Å²) >= 11 is 0. The summed E-state index contributed by atoms with van der Waals surface area (Å²) in [7, 11) is 0. The van der Waals surface area contributed by atoms with E-state index in [4.69, 9.17) is 0 Å². The fourth-order valence-corrected chi connectivity index (χ4v) is 0.632. The number of aromatic nitrogens is 3. The molecule has 44 valence electrons. The van der Waals surface area contributed by atoms with Crippen LogP contribution in [-0.4, -0.2) is 15.4 Å². The van der Waals surface area contributed by atoms with Gasteiger partial charge in [-0.05, 0) is 12.1 Å². The Morgan fingerprint density at radius 1 is 1.44 bits per heavy atom. The highest BCUT2D eigenvalue weighted by molar-refractivity contribution is 5.65. The second kappa shape index (κ2) is 1.51. The Morgan fingerprint density at radius 3 is 3.33 bits per heavy atom. The van der Waals surface area contributed by atoms with Gasteiger partial charge in [-0.15, -0.1) is 5.10 Å². The average molecular weight is 121 g/mol. The van der Waals surface area contributed by atoms with E-state index < -0.39 is 0 Å². The molecule has 0 spiro atoms. The highest BCUT2D eigenvalue weighted by atomic mass is 16.5. The molecule has 0 atom stereocenters. The van der Waals surface area contributed by atoms with E-state index in [1.165, 1.54) is 0 Å². The molecule has 0 bridgehead atoms. The van der Waals surface area contributed by atoms with Crippen LogP contribution < -0.4 is 0 Å². The molecular weight excluding hydrogens is 118 g/mol. The summed E-state index contributed by atoms with van der Waals surface area (Å²) in [5, 5.41) is 6.95. The van der Waals surface area contributed by atoms with E-state index in [2.05, 4.69) is 19.9 Å². The molecule has 4 nitrogen and oxygen atoms in total. The summed E-state index contributed by atoms with van der Waals surface area (Å²) in [5.41, 5.74) is 1.18. The van der Waals surface area contributed by atoms with Gasteiger partial charge in [0.05, 0.1) is 0 Å². The van der Waals surface area contributed by atoms with E-state index in [-0.39, 0.29) is 0 Å². The van der Waals surface area contributed by atoms with Crippen LogP contribution in [0.1, 0.15) is 0 Å². The van der Waals surface area contributed by atoms with Gasteiger partial charge in [-0.1, -0.05) is 0 Å². The van der Waals surface area contributed by atoms with Crippen LogP contribution in [0.15, 0.2) is 22.9 Å². The van der Waals surface area contributed by atoms with E-state index in [0.717, 1.165) is 0 Å². The smallest absolute Gasteiger partial charge is 0.278 e. The van der Waals surface area contributed by atoms with Crippen LogP contribution in [-0.2, 0) is 0 Å². The molecule has 0 aromatic carbocycles. The normalized spacial score (nSPS) is 10.2. The maximum absolute atomic E-state index is 4.65. The first-order valence-electron chi connectivity index (χ1n) is 2.50. The van der Waals surface area contributed by atoms with Gasteiger partial charge in [-0.3, -0.25) is 0 Å². The largest absolute Gasteiger partial charge is 0.316 e. The van der Waals surface area contributed by atoms with Crippen molar-refractivity contribution < 1.29 is 4.52 Å². The molecule has 2 aromatic heterocycles. The lowest BCUT2D eigenvalue weighted by Gasteiger charge is -1.76. The average Bonchev–Trinajstić information content (AvgIpc) is 2.33. The standard InChI is InChI=1S/C5H3N3O/c1-2-4-5(6-3-1)9-8-7-4/h1-3H. The second-order valence-electron chi connectivity index (χ2n) is 1.60. The lowest BCUT2D eigenvalue weighted by Crippen LogP contribution is -1.69. The van der Waals surface area contributed by atoms with E-state index in [1.807, 2.05) is 0 Å². The van der Waals surface area contributed by atoms with Crippen molar-refractivity contribution in [1.82, 2.24) is 15.4 Å². The molecule has 0 N–H and O–H groups in total. The number of pyridine rings is 1. The van der Waals surface area contributed by atoms with Crippen LogP contribution in [0, 0.1) is 0 Å². The van der Waals surface area contributed by atoms with Gasteiger partial charge in [0.15, 0.2) is 5.52 Å². The molecule has 0 aliphatic carbocycles. The van der Waals surface area contributed by atoms with Crippen LogP contribution in [0.2, 0.25) is 0 Å². The second-order valence-corrected chi connectivity index (χ2v) is 1.60. The first-order valence-corrected chi connectivity index (χ1v) is 2.50. The first-order chi connectivity index (χ1) is 4.47. The summed E-state index contributed by atoms with van der Waals surface area (Å²) < 4.78 is 4.65. The molecule has 0 aliphatic heterocycles. The zero-order valence-electron chi connectivity index (χ0n) is 4.48. The first kappa shape index (κ1) is 4.43. The molecule has 0 aliphatic rings. The molecule has 0 saturated carbocycles. The lowest BCUT2D eigenvalue weighted by molar-refractivity contribution is 0.417. The highest BCUT2D eigenvalue weighted by Gasteiger charge is 1.95. The van der Waals surface area contributed by atoms with Crippen molar-refractivity contribution in [2.75, 3.05) is 0 Å². The van der Waals surface area contributed by atoms with E-state index in [1.54, 1.807) is 18.3 Å². The van der Waals surface area contributed by atoms with Gasteiger partial charge in [-0.2, -0.15) is 0 Å². The number of nitrogens with zero attached hydrogens (tertiary/aromatic N) is 3. The van der Waals surface area contributed by atoms with Gasteiger partial charge in [0.25, 0.3) is 5.71 Å². The number of rotatable bonds is 0. The minimum atomic E-state index is 0.484. The van der Waals surface area contributed by atoms with Crippen LogP contribution in [0.5, 0.6) is 0 Å². The highest BCUT2D eigenvalue weighted by Crippen LogP contribution is 2.02. The van der Waals surface area contributed by atoms with E-state index in [9.17, 15) is 0 Å². The molecule has 2 aromatic rings. The number of hydrogen-bond acceptors (Lipinski definition) is 4. The van der Waals surface area contributed by atoms with Gasteiger partial charge in [0.1, 0.15) is 0 Å². The van der Waals surface area contributed by atoms with Crippen molar-refractivity contribution >= 4 is 11.2 Å². The fraction of sp³-hybridized carbons (Fsp3) is 0. The summed E-state index contributed by atoms with van der Waals surface area (Å²) in [4.78, 5) is 3.85. The molecule has 0 fully saturated rings. The molecular formula is C5H3N3O. The van der Waals surface area contributed by atoms with Crippen molar-refractivity contribution in [2.45, 2.75) is 0 Å². The molecule has 0 radical (unpaired) electrons. The van der Waals surface area contributed by atoms with Gasteiger partial charge < -0.3 is 4.52 Å². The number of hydrogen-bond donors (Lipinski definition) is 0. The minimum Gasteiger partial charge on any atom is -0.316 e. The SMILES string of the molecule is c1cnc2onnc2c1. The van der Waals surface area contributed by atoms with Gasteiger partial charge in [-0.25, -0.2) is 4.98 Å². The van der Waals surface area contributed by atoms with E-state index in [0.29, 0.717) is 11.2 Å². The topological polar surface area (TPSA) is 51.8 Å². The zero-order valence-corrected chi connectivity index (χ0v) is 4.48. The number of fused-ring (bicyclic) bond motifs is 1. The van der Waals surface area contributed by atoms with Gasteiger partial charge >= 0.3 is 0 Å². The summed E-state index contributed by atoms with van der Waals surface area (Å²) in [6.45, 7) is 0. The molecule has 2 rings (SSSR count). The molecule has 2 heterocycles. The Balaban J connectivity index is 2.95. The van der Waals surface area contributed by atoms with Crippen molar-refractivity contribution in [1.29, 1.82) is 0 Å². The summed E-state index contributed by atoms with van der Waals surface area (Å²) in [5.74, 6) is 0. The lowest BCUT2D eigenvalue weighted by atomic mass is 10.5. The summed E-state index contributed by atoms with van der Waals surface area (Å²) in [6.07, 6.45) is 1.63. The quantitative estimate of drug-likeness (QED) is 0.512. The Kier molecular flexibility index (Phi) is 0.745. The van der Waals surface area contributed by atoms with Crippen molar-refractivity contribution in [3.8, 4) is 0 Å². The molecule has 0 saturated heterocycles. The van der Waals surface area contributed by atoms with Gasteiger partial charge in [0, 0.05) is 11.5 Å². The van der Waals surface area contributed by atoms with Gasteiger partial charge in [0.2, 0.25) is 0 Å². The predicted molar refractivity (Wildman–Crippen MR) is 29.6 cm³/mol. The molecule has 4 heteroatoms. The minimum absolute atomic E-state index is 0.484. The summed E-state index contributed by atoms with van der Waals surface area (Å²) in [6, 6.07) is 3.57. The Hall–Kier alpha value is -1.45. The fourth-order valence-electron chi connectivity index (χ4n) is 0.632. The molecule has 0 amide bonds. The maximum atomic E-state index is 4.65. The molecule has 9 heavy (non-hydrogen) atoms. The van der Waals surface area contributed by atoms with Crippen molar-refractivity contribution in [2.24, 2.45) is 0 Å². The predicted octanol–water partition coefficient (Wildman–Crippen LogP) is 0.618. The van der Waals surface area contributed by atoms with Crippen LogP contribution in [0.25, 0.3) is 11.2 Å². The van der Waals surface area contributed by atoms with Crippen molar-refractivity contribution in [3.05, 3.63) is 18.3 Å². The van der Waals surface area contributed by atoms with Crippen LogP contribution >= 0.6 is 0 Å². The van der Waals surface area contributed by atoms with E-state index >= 15 is 0 Å². The van der Waals surface area contributed by atoms with Crippen LogP contribution in [0.3, 0.4) is 0 Å². The maximum Gasteiger partial charge on any atom is 0.278 e. The third kappa shape index (κ3) is 0.561. The van der Waals surface area contributed by atoms with Crippen LogP contribution in [0.4, 0.5) is 0 Å². The monoisotopic (exact) mass is 121 g/mol. The zero-order chi connectivity index (χ0) is 6.10.